The average Bonchev–Trinajstić information content (AvgIpc) is 3.17. The third-order valence-corrected chi connectivity index (χ3v) is 9.25. The number of fused-ring (bicyclic) bond motifs is 2. The van der Waals surface area contributed by atoms with Gasteiger partial charge in [-0.15, -0.1) is 0 Å². The molecule has 5 rings (SSSR count). The average molecular weight is 366 g/mol. The lowest BCUT2D eigenvalue weighted by Gasteiger charge is -2.31. The van der Waals surface area contributed by atoms with Gasteiger partial charge in [0.05, 0.1) is 0 Å². The molecule has 132 valence electrons. The molecule has 0 aromatic heterocycles. The summed E-state index contributed by atoms with van der Waals surface area (Å²) in [4.78, 5) is 0. The van der Waals surface area contributed by atoms with E-state index in [1.165, 1.54) is 22.9 Å². The molecule has 0 unspecified atom stereocenters. The molecule has 0 saturated carbocycles. The van der Waals surface area contributed by atoms with Gasteiger partial charge in [0.25, 0.3) is 0 Å². The summed E-state index contributed by atoms with van der Waals surface area (Å²) in [5, 5.41) is 3.19. The van der Waals surface area contributed by atoms with Crippen molar-refractivity contribution in [3.63, 3.8) is 0 Å². The number of rotatable bonds is 3. The van der Waals surface area contributed by atoms with Gasteiger partial charge >= 0.3 is 0 Å². The molecule has 2 heterocycles. The Hall–Kier alpha value is -2.43. The molecular formula is C26H23P. The predicted molar refractivity (Wildman–Crippen MR) is 119 cm³/mol. The second kappa shape index (κ2) is 6.32. The highest BCUT2D eigenvalue weighted by molar-refractivity contribution is 7.79. The topological polar surface area (TPSA) is 0 Å². The Bertz CT molecular complexity index is 1050. The summed E-state index contributed by atoms with van der Waals surface area (Å²) < 4.78 is 0. The minimum atomic E-state index is -0.340. The van der Waals surface area contributed by atoms with Crippen LogP contribution in [-0.2, 0) is 0 Å². The first kappa shape index (κ1) is 16.7. The molecule has 1 heteroatoms. The first-order valence-electron chi connectivity index (χ1n) is 9.60. The summed E-state index contributed by atoms with van der Waals surface area (Å²) in [6, 6.07) is 33.1. The van der Waals surface area contributed by atoms with E-state index in [2.05, 4.69) is 105 Å². The first-order chi connectivity index (χ1) is 13.2. The van der Waals surface area contributed by atoms with Gasteiger partial charge in [-0.05, 0) is 53.9 Å². The fourth-order valence-electron chi connectivity index (χ4n) is 4.76. The lowest BCUT2D eigenvalue weighted by molar-refractivity contribution is 0.632. The van der Waals surface area contributed by atoms with Crippen molar-refractivity contribution in [1.29, 1.82) is 0 Å². The number of hydrogen-bond acceptors (Lipinski definition) is 0. The minimum absolute atomic E-state index is 0.128. The molecule has 0 spiro atoms. The largest absolute Gasteiger partial charge is 0.0622 e. The molecule has 2 bridgehead atoms. The van der Waals surface area contributed by atoms with Crippen LogP contribution in [0.1, 0.15) is 30.5 Å². The first-order valence-corrected chi connectivity index (χ1v) is 11.1. The molecule has 0 nitrogen and oxygen atoms in total. The van der Waals surface area contributed by atoms with Gasteiger partial charge in [-0.2, -0.15) is 0 Å². The maximum atomic E-state index is 2.46. The Morgan fingerprint density at radius 3 is 1.59 bits per heavy atom. The van der Waals surface area contributed by atoms with Crippen molar-refractivity contribution in [3.05, 3.63) is 113 Å². The molecule has 0 amide bonds. The molecule has 0 aliphatic carbocycles. The van der Waals surface area contributed by atoms with Crippen LogP contribution < -0.4 is 0 Å². The maximum Gasteiger partial charge on any atom is 0.0198 e. The van der Waals surface area contributed by atoms with Gasteiger partial charge in [-0.3, -0.25) is 0 Å². The molecule has 2 atom stereocenters. The molecule has 0 N–H and O–H groups in total. The zero-order valence-corrected chi connectivity index (χ0v) is 16.7. The van der Waals surface area contributed by atoms with E-state index in [9.17, 15) is 0 Å². The van der Waals surface area contributed by atoms with Crippen molar-refractivity contribution in [2.75, 3.05) is 6.16 Å². The zero-order chi connectivity index (χ0) is 18.4. The van der Waals surface area contributed by atoms with E-state index < -0.39 is 0 Å². The highest BCUT2D eigenvalue weighted by Crippen LogP contribution is 2.80. The van der Waals surface area contributed by atoms with Crippen molar-refractivity contribution in [1.82, 2.24) is 0 Å². The Kier molecular flexibility index (Phi) is 3.92. The van der Waals surface area contributed by atoms with E-state index in [-0.39, 0.29) is 13.3 Å². The minimum Gasteiger partial charge on any atom is -0.0622 e. The highest BCUT2D eigenvalue weighted by Gasteiger charge is 2.52. The Balaban J connectivity index is 1.77. The molecule has 2 aliphatic rings. The standard InChI is InChI=1S/C26H23P/c1-19-24(21-14-8-4-9-15-21)27-18-26(19,2)23(20-12-6-3-7-13-20)25(27)22-16-10-5-11-17-22/h3-17H,18H2,1-2H3/t26-,27-/m0/s1. The van der Waals surface area contributed by atoms with Crippen molar-refractivity contribution >= 4 is 24.1 Å². The summed E-state index contributed by atoms with van der Waals surface area (Å²) in [7, 11) is -0.340. The lowest BCUT2D eigenvalue weighted by Crippen LogP contribution is -2.18. The monoisotopic (exact) mass is 366 g/mol. The van der Waals surface area contributed by atoms with Gasteiger partial charge < -0.3 is 0 Å². The van der Waals surface area contributed by atoms with Gasteiger partial charge in [-0.1, -0.05) is 103 Å². The van der Waals surface area contributed by atoms with Crippen LogP contribution in [0.4, 0.5) is 0 Å². The Morgan fingerprint density at radius 2 is 1.07 bits per heavy atom. The predicted octanol–water partition coefficient (Wildman–Crippen LogP) is 7.50. The summed E-state index contributed by atoms with van der Waals surface area (Å²) in [6.07, 6.45) is 1.24. The van der Waals surface area contributed by atoms with E-state index in [4.69, 9.17) is 0 Å². The van der Waals surface area contributed by atoms with E-state index in [1.54, 1.807) is 21.8 Å². The second-order valence-electron chi connectivity index (χ2n) is 7.71. The Labute approximate surface area is 163 Å². The van der Waals surface area contributed by atoms with Gasteiger partial charge in [0.1, 0.15) is 0 Å². The van der Waals surface area contributed by atoms with Crippen LogP contribution in [0, 0.1) is 5.41 Å². The van der Waals surface area contributed by atoms with Gasteiger partial charge in [0.2, 0.25) is 0 Å². The van der Waals surface area contributed by atoms with E-state index in [0.717, 1.165) is 0 Å². The van der Waals surface area contributed by atoms with Crippen LogP contribution in [0.15, 0.2) is 96.6 Å². The van der Waals surface area contributed by atoms with Gasteiger partial charge in [-0.25, -0.2) is 0 Å². The van der Waals surface area contributed by atoms with Crippen LogP contribution in [-0.4, -0.2) is 6.16 Å². The fourth-order valence-corrected chi connectivity index (χ4v) is 8.54. The molecule has 3 aromatic carbocycles. The van der Waals surface area contributed by atoms with Crippen molar-refractivity contribution in [2.45, 2.75) is 13.8 Å². The number of hydrogen-bond donors (Lipinski definition) is 0. The van der Waals surface area contributed by atoms with E-state index in [0.29, 0.717) is 0 Å². The molecule has 3 aromatic rings. The summed E-state index contributed by atoms with van der Waals surface area (Å²) >= 11 is 0. The summed E-state index contributed by atoms with van der Waals surface area (Å²) in [6.45, 7) is 4.83. The van der Waals surface area contributed by atoms with Gasteiger partial charge in [0.15, 0.2) is 0 Å². The highest BCUT2D eigenvalue weighted by atomic mass is 31.1. The lowest BCUT2D eigenvalue weighted by atomic mass is 9.73. The van der Waals surface area contributed by atoms with E-state index >= 15 is 0 Å². The molecular weight excluding hydrogens is 343 g/mol. The van der Waals surface area contributed by atoms with Crippen LogP contribution in [0.2, 0.25) is 0 Å². The van der Waals surface area contributed by atoms with Gasteiger partial charge in [0, 0.05) is 5.41 Å². The molecule has 2 aliphatic heterocycles. The van der Waals surface area contributed by atoms with E-state index in [1.807, 2.05) is 0 Å². The van der Waals surface area contributed by atoms with Crippen molar-refractivity contribution in [2.24, 2.45) is 5.41 Å². The molecule has 27 heavy (non-hydrogen) atoms. The molecule has 0 radical (unpaired) electrons. The van der Waals surface area contributed by atoms with Crippen LogP contribution >= 0.6 is 7.92 Å². The smallest absolute Gasteiger partial charge is 0.0198 e. The normalized spacial score (nSPS) is 24.0. The summed E-state index contributed by atoms with van der Waals surface area (Å²) in [5.41, 5.74) is 7.44. The zero-order valence-electron chi connectivity index (χ0n) is 15.8. The second-order valence-corrected chi connectivity index (χ2v) is 9.78. The quantitative estimate of drug-likeness (QED) is 0.421. The third kappa shape index (κ3) is 2.47. The fraction of sp³-hybridized carbons (Fsp3) is 0.154. The molecule has 0 saturated heterocycles. The van der Waals surface area contributed by atoms with Crippen LogP contribution in [0.25, 0.3) is 16.2 Å². The summed E-state index contributed by atoms with van der Waals surface area (Å²) in [5.74, 6) is 0. The number of benzene rings is 3. The van der Waals surface area contributed by atoms with Crippen molar-refractivity contribution < 1.29 is 0 Å². The maximum absolute atomic E-state index is 2.46. The Morgan fingerprint density at radius 1 is 0.630 bits per heavy atom. The van der Waals surface area contributed by atoms with Crippen LogP contribution in [0.5, 0.6) is 0 Å². The molecule has 0 fully saturated rings. The SMILES string of the molecule is CC1=C(c2ccccc2)[P@]2C[C@]1(C)C(c1ccccc1)=C2c1ccccc1. The number of allylic oxidation sites excluding steroid dienone is 2. The van der Waals surface area contributed by atoms with Crippen LogP contribution in [0.3, 0.4) is 0 Å². The van der Waals surface area contributed by atoms with Crippen molar-refractivity contribution in [3.8, 4) is 0 Å². The third-order valence-electron chi connectivity index (χ3n) is 6.14.